The molecule has 0 aliphatic heterocycles. The summed E-state index contributed by atoms with van der Waals surface area (Å²) in [5.74, 6) is 0.351. The molecule has 1 heterocycles. The van der Waals surface area contributed by atoms with E-state index >= 15 is 0 Å². The molecule has 0 fully saturated rings. The second kappa shape index (κ2) is 6.12. The number of hydrogen-bond acceptors (Lipinski definition) is 4. The zero-order chi connectivity index (χ0) is 13.8. The molecule has 0 amide bonds. The van der Waals surface area contributed by atoms with E-state index < -0.39 is 5.97 Å². The quantitative estimate of drug-likeness (QED) is 0.849. The summed E-state index contributed by atoms with van der Waals surface area (Å²) >= 11 is 9.26. The Kier molecular flexibility index (Phi) is 4.50. The molecular weight excluding hydrogens is 334 g/mol. The molecule has 2 aromatic rings. The highest BCUT2D eigenvalue weighted by atomic mass is 79.9. The second-order valence-corrected chi connectivity index (χ2v) is 5.00. The molecule has 0 unspecified atom stereocenters. The van der Waals surface area contributed by atoms with Gasteiger partial charge < -0.3 is 14.5 Å². The van der Waals surface area contributed by atoms with Crippen LogP contribution in [0.1, 0.15) is 16.3 Å². The topological polar surface area (TPSA) is 51.5 Å². The van der Waals surface area contributed by atoms with Crippen molar-refractivity contribution in [2.24, 2.45) is 0 Å². The molecule has 19 heavy (non-hydrogen) atoms. The van der Waals surface area contributed by atoms with Crippen LogP contribution < -0.4 is 5.32 Å². The number of methoxy groups -OCH3 is 1. The highest BCUT2D eigenvalue weighted by Gasteiger charge is 2.10. The lowest BCUT2D eigenvalue weighted by Gasteiger charge is -2.05. The minimum atomic E-state index is -0.486. The van der Waals surface area contributed by atoms with Crippen molar-refractivity contribution in [1.29, 1.82) is 0 Å². The summed E-state index contributed by atoms with van der Waals surface area (Å²) < 4.78 is 10.7. The average Bonchev–Trinajstić information content (AvgIpc) is 2.88. The van der Waals surface area contributed by atoms with Crippen molar-refractivity contribution in [3.05, 3.63) is 51.3 Å². The van der Waals surface area contributed by atoms with E-state index in [4.69, 9.17) is 16.0 Å². The lowest BCUT2D eigenvalue weighted by Crippen LogP contribution is -2.00. The zero-order valence-electron chi connectivity index (χ0n) is 10.1. The fourth-order valence-corrected chi connectivity index (χ4v) is 1.97. The maximum atomic E-state index is 11.2. The monoisotopic (exact) mass is 343 g/mol. The van der Waals surface area contributed by atoms with Crippen LogP contribution in [0.2, 0.25) is 5.02 Å². The number of carbonyl (C=O) groups is 1. The van der Waals surface area contributed by atoms with Gasteiger partial charge in [-0.25, -0.2) is 4.79 Å². The molecule has 1 aromatic carbocycles. The number of furan rings is 1. The predicted molar refractivity (Wildman–Crippen MR) is 76.5 cm³/mol. The molecule has 0 saturated heterocycles. The summed E-state index contributed by atoms with van der Waals surface area (Å²) in [5, 5.41) is 3.81. The van der Waals surface area contributed by atoms with Crippen molar-refractivity contribution in [2.45, 2.75) is 6.54 Å². The molecule has 2 rings (SSSR count). The number of nitrogens with one attached hydrogen (secondary N) is 1. The van der Waals surface area contributed by atoms with Gasteiger partial charge >= 0.3 is 5.97 Å². The molecule has 6 heteroatoms. The first-order valence-electron chi connectivity index (χ1n) is 5.46. The molecule has 0 saturated carbocycles. The average molecular weight is 345 g/mol. The van der Waals surface area contributed by atoms with Gasteiger partial charge in [0.1, 0.15) is 5.76 Å². The lowest BCUT2D eigenvalue weighted by molar-refractivity contribution is 0.0563. The molecular formula is C13H11BrClNO3. The van der Waals surface area contributed by atoms with Crippen LogP contribution in [0.3, 0.4) is 0 Å². The Morgan fingerprint density at radius 1 is 1.42 bits per heavy atom. The molecule has 0 spiro atoms. The van der Waals surface area contributed by atoms with Gasteiger partial charge in [-0.05, 0) is 46.3 Å². The summed E-state index contributed by atoms with van der Waals surface area (Å²) in [6.45, 7) is 0.463. The van der Waals surface area contributed by atoms with E-state index in [0.29, 0.717) is 17.3 Å². The van der Waals surface area contributed by atoms with Gasteiger partial charge in [0.15, 0.2) is 0 Å². The number of ether oxygens (including phenoxy) is 1. The smallest absolute Gasteiger partial charge is 0.373 e. The zero-order valence-corrected chi connectivity index (χ0v) is 12.4. The molecule has 0 atom stereocenters. The third-order valence-electron chi connectivity index (χ3n) is 2.43. The van der Waals surface area contributed by atoms with Crippen molar-refractivity contribution in [1.82, 2.24) is 0 Å². The minimum absolute atomic E-state index is 0.191. The SMILES string of the molecule is COC(=O)c1ccc(CNc2ccc(Cl)c(Br)c2)o1. The molecule has 0 aliphatic rings. The highest BCUT2D eigenvalue weighted by molar-refractivity contribution is 9.10. The van der Waals surface area contributed by atoms with Crippen LogP contribution in [0.15, 0.2) is 39.2 Å². The van der Waals surface area contributed by atoms with Crippen LogP contribution in [0.4, 0.5) is 5.69 Å². The number of esters is 1. The van der Waals surface area contributed by atoms with Gasteiger partial charge in [-0.2, -0.15) is 0 Å². The van der Waals surface area contributed by atoms with E-state index in [2.05, 4.69) is 26.0 Å². The number of carbonyl (C=O) groups excluding carboxylic acids is 1. The number of halogens is 2. The van der Waals surface area contributed by atoms with Gasteiger partial charge in [0.2, 0.25) is 5.76 Å². The minimum Gasteiger partial charge on any atom is -0.463 e. The van der Waals surface area contributed by atoms with Crippen LogP contribution >= 0.6 is 27.5 Å². The Morgan fingerprint density at radius 3 is 2.89 bits per heavy atom. The first-order valence-corrected chi connectivity index (χ1v) is 6.63. The van der Waals surface area contributed by atoms with E-state index in [-0.39, 0.29) is 5.76 Å². The molecule has 0 bridgehead atoms. The van der Waals surface area contributed by atoms with Gasteiger partial charge in [0.25, 0.3) is 0 Å². The van der Waals surface area contributed by atoms with E-state index in [1.807, 2.05) is 12.1 Å². The summed E-state index contributed by atoms with van der Waals surface area (Å²) in [6.07, 6.45) is 0. The van der Waals surface area contributed by atoms with Gasteiger partial charge in [-0.15, -0.1) is 0 Å². The predicted octanol–water partition coefficient (Wildman–Crippen LogP) is 4.09. The molecule has 4 nitrogen and oxygen atoms in total. The number of hydrogen-bond donors (Lipinski definition) is 1. The van der Waals surface area contributed by atoms with Crippen molar-refractivity contribution in [3.63, 3.8) is 0 Å². The van der Waals surface area contributed by atoms with E-state index in [1.54, 1.807) is 18.2 Å². The van der Waals surface area contributed by atoms with Gasteiger partial charge in [0.05, 0.1) is 18.7 Å². The van der Waals surface area contributed by atoms with Gasteiger partial charge in [0, 0.05) is 10.2 Å². The standard InChI is InChI=1S/C13H11BrClNO3/c1-18-13(17)12-5-3-9(19-12)7-16-8-2-4-11(15)10(14)6-8/h2-6,16H,7H2,1H3. The molecule has 100 valence electrons. The fraction of sp³-hybridized carbons (Fsp3) is 0.154. The largest absolute Gasteiger partial charge is 0.463 e. The third-order valence-corrected chi connectivity index (χ3v) is 3.65. The van der Waals surface area contributed by atoms with E-state index in [1.165, 1.54) is 7.11 Å². The van der Waals surface area contributed by atoms with Crippen molar-refractivity contribution in [2.75, 3.05) is 12.4 Å². The van der Waals surface area contributed by atoms with Crippen LogP contribution in [0.25, 0.3) is 0 Å². The summed E-state index contributed by atoms with van der Waals surface area (Å²) in [4.78, 5) is 11.2. The molecule has 1 N–H and O–H groups in total. The second-order valence-electron chi connectivity index (χ2n) is 3.74. The van der Waals surface area contributed by atoms with Gasteiger partial charge in [-0.3, -0.25) is 0 Å². The Morgan fingerprint density at radius 2 is 2.21 bits per heavy atom. The van der Waals surface area contributed by atoms with Crippen LogP contribution in [-0.4, -0.2) is 13.1 Å². The third kappa shape index (κ3) is 3.52. The van der Waals surface area contributed by atoms with E-state index in [0.717, 1.165) is 10.2 Å². The van der Waals surface area contributed by atoms with Gasteiger partial charge in [-0.1, -0.05) is 11.6 Å². The summed E-state index contributed by atoms with van der Waals surface area (Å²) in [7, 11) is 1.31. The van der Waals surface area contributed by atoms with Crippen molar-refractivity contribution < 1.29 is 13.9 Å². The molecule has 0 aliphatic carbocycles. The van der Waals surface area contributed by atoms with Crippen molar-refractivity contribution in [3.8, 4) is 0 Å². The van der Waals surface area contributed by atoms with Crippen LogP contribution in [-0.2, 0) is 11.3 Å². The maximum Gasteiger partial charge on any atom is 0.373 e. The Hall–Kier alpha value is -1.46. The summed E-state index contributed by atoms with van der Waals surface area (Å²) in [5.41, 5.74) is 0.896. The normalized spacial score (nSPS) is 10.3. The lowest BCUT2D eigenvalue weighted by atomic mass is 10.3. The number of benzene rings is 1. The summed E-state index contributed by atoms with van der Waals surface area (Å²) in [6, 6.07) is 8.82. The Balaban J connectivity index is 2.00. The Labute approximate surface area is 123 Å². The number of rotatable bonds is 4. The fourth-order valence-electron chi connectivity index (χ4n) is 1.48. The first kappa shape index (κ1) is 14.0. The molecule has 0 radical (unpaired) electrons. The van der Waals surface area contributed by atoms with Crippen LogP contribution in [0, 0.1) is 0 Å². The van der Waals surface area contributed by atoms with Crippen LogP contribution in [0.5, 0.6) is 0 Å². The van der Waals surface area contributed by atoms with E-state index in [9.17, 15) is 4.79 Å². The highest BCUT2D eigenvalue weighted by Crippen LogP contribution is 2.25. The number of anilines is 1. The first-order chi connectivity index (χ1) is 9.10. The maximum absolute atomic E-state index is 11.2. The van der Waals surface area contributed by atoms with Crippen molar-refractivity contribution >= 4 is 39.2 Å². The Bertz CT molecular complexity index is 597. The molecule has 1 aromatic heterocycles.